The highest BCUT2D eigenvalue weighted by Crippen LogP contribution is 2.31. The normalized spacial score (nSPS) is 16.3. The number of anilines is 2. The standard InChI is InChI=1S/C30H25FN8O6/c31-21-11-17(12-23-25(21)27(33)37-45-23)14-30(43,16-35-28(41)20-3-1-2-4-22(20)40)26-29(42)38(9-10-44-26)24-6-8-39(36-24)19-5-7-34-18(13-19)15-32/h1-8,11-13,26,40,43H,9-10,14,16H2,(H2,33,37)(H,35,41)/t26-,30?/m0/s1. The lowest BCUT2D eigenvalue weighted by Crippen LogP contribution is -2.63. The van der Waals surface area contributed by atoms with Crippen molar-refractivity contribution in [2.75, 3.05) is 30.3 Å². The first-order valence-electron chi connectivity index (χ1n) is 13.6. The summed E-state index contributed by atoms with van der Waals surface area (Å²) in [5, 5.41) is 42.0. The Bertz CT molecular complexity index is 1970. The summed E-state index contributed by atoms with van der Waals surface area (Å²) < 4.78 is 27.4. The van der Waals surface area contributed by atoms with Crippen molar-refractivity contribution in [3.8, 4) is 17.5 Å². The number of carbonyl (C=O) groups excluding carboxylic acids is 2. The number of aliphatic hydroxyl groups is 1. The number of halogens is 1. The molecule has 0 saturated carbocycles. The number of nitrogen functional groups attached to an aromatic ring is 1. The third-order valence-corrected chi connectivity index (χ3v) is 7.38. The highest BCUT2D eigenvalue weighted by Gasteiger charge is 2.47. The molecular weight excluding hydrogens is 587 g/mol. The van der Waals surface area contributed by atoms with Crippen molar-refractivity contribution in [3.63, 3.8) is 0 Å². The molecule has 0 radical (unpaired) electrons. The Labute approximate surface area is 254 Å². The third-order valence-electron chi connectivity index (χ3n) is 7.38. The second kappa shape index (κ2) is 11.7. The van der Waals surface area contributed by atoms with E-state index in [0.29, 0.717) is 5.69 Å². The van der Waals surface area contributed by atoms with Gasteiger partial charge in [0, 0.05) is 30.9 Å². The number of rotatable bonds is 8. The molecular formula is C30H25FN8O6. The predicted molar refractivity (Wildman–Crippen MR) is 156 cm³/mol. The molecule has 1 aliphatic heterocycles. The number of hydrogen-bond donors (Lipinski definition) is 4. The molecule has 3 aromatic heterocycles. The van der Waals surface area contributed by atoms with Gasteiger partial charge >= 0.3 is 0 Å². The SMILES string of the molecule is N#Cc1cc(-n2ccc(N3CCO[C@H](C(O)(CNC(=O)c4ccccc4O)Cc4cc(F)c5c(N)noc5c4)C3=O)n2)ccn1. The van der Waals surface area contributed by atoms with Crippen molar-refractivity contribution in [2.24, 2.45) is 0 Å². The van der Waals surface area contributed by atoms with Gasteiger partial charge in [-0.2, -0.15) is 5.26 Å². The summed E-state index contributed by atoms with van der Waals surface area (Å²) in [6.45, 7) is -0.422. The smallest absolute Gasteiger partial charge is 0.260 e. The first-order chi connectivity index (χ1) is 21.7. The Morgan fingerprint density at radius 2 is 2.07 bits per heavy atom. The quantitative estimate of drug-likeness (QED) is 0.199. The van der Waals surface area contributed by atoms with Gasteiger partial charge in [0.15, 0.2) is 23.3 Å². The first kappa shape index (κ1) is 29.2. The van der Waals surface area contributed by atoms with Crippen molar-refractivity contribution >= 4 is 34.4 Å². The van der Waals surface area contributed by atoms with Gasteiger partial charge in [-0.05, 0) is 35.9 Å². The van der Waals surface area contributed by atoms with Gasteiger partial charge in [0.2, 0.25) is 0 Å². The molecule has 5 aromatic rings. The number of nitrogens with two attached hydrogens (primary N) is 1. The van der Waals surface area contributed by atoms with Crippen LogP contribution < -0.4 is 16.0 Å². The van der Waals surface area contributed by atoms with Crippen LogP contribution >= 0.6 is 0 Å². The molecule has 5 N–H and O–H groups in total. The van der Waals surface area contributed by atoms with Gasteiger partial charge < -0.3 is 30.5 Å². The number of benzene rings is 2. The summed E-state index contributed by atoms with van der Waals surface area (Å²) in [5.74, 6) is -2.31. The molecule has 14 nitrogen and oxygen atoms in total. The van der Waals surface area contributed by atoms with E-state index in [0.717, 1.165) is 6.07 Å². The number of pyridine rings is 1. The number of amides is 2. The fourth-order valence-corrected chi connectivity index (χ4v) is 5.22. The summed E-state index contributed by atoms with van der Waals surface area (Å²) in [5.41, 5.74) is 4.49. The highest BCUT2D eigenvalue weighted by atomic mass is 19.1. The Balaban J connectivity index is 1.31. The molecule has 0 bridgehead atoms. The van der Waals surface area contributed by atoms with Gasteiger partial charge in [-0.3, -0.25) is 14.5 Å². The molecule has 1 fully saturated rings. The van der Waals surface area contributed by atoms with E-state index in [2.05, 4.69) is 20.6 Å². The number of phenolic OH excluding ortho intramolecular Hbond substituents is 1. The van der Waals surface area contributed by atoms with E-state index in [-0.39, 0.29) is 64.7 Å². The number of phenols is 1. The molecule has 1 aliphatic rings. The van der Waals surface area contributed by atoms with Gasteiger partial charge in [0.05, 0.1) is 30.9 Å². The van der Waals surface area contributed by atoms with E-state index >= 15 is 0 Å². The molecule has 2 aromatic carbocycles. The van der Waals surface area contributed by atoms with Crippen molar-refractivity contribution in [2.45, 2.75) is 18.1 Å². The number of ether oxygens (including phenoxy) is 1. The zero-order valence-corrected chi connectivity index (χ0v) is 23.4. The Hall–Kier alpha value is -5.85. The van der Waals surface area contributed by atoms with Crippen LogP contribution in [-0.4, -0.2) is 73.3 Å². The Morgan fingerprint density at radius 3 is 2.87 bits per heavy atom. The molecule has 4 heterocycles. The number of aromatic nitrogens is 4. The van der Waals surface area contributed by atoms with Gasteiger partial charge in [0.1, 0.15) is 34.3 Å². The highest BCUT2D eigenvalue weighted by molar-refractivity contribution is 5.98. The van der Waals surface area contributed by atoms with E-state index in [9.17, 15) is 29.5 Å². The number of hydrogen-bond acceptors (Lipinski definition) is 11. The molecule has 1 unspecified atom stereocenters. The molecule has 2 amide bonds. The second-order valence-electron chi connectivity index (χ2n) is 10.4. The van der Waals surface area contributed by atoms with Crippen LogP contribution in [-0.2, 0) is 16.0 Å². The number of nitrogens with zero attached hydrogens (tertiary/aromatic N) is 6. The molecule has 0 aliphatic carbocycles. The van der Waals surface area contributed by atoms with Crippen molar-refractivity contribution in [1.29, 1.82) is 5.26 Å². The van der Waals surface area contributed by atoms with Crippen LogP contribution in [0, 0.1) is 17.1 Å². The number of nitriles is 1. The number of fused-ring (bicyclic) bond motifs is 1. The number of carbonyl (C=O) groups is 2. The van der Waals surface area contributed by atoms with Crippen LogP contribution in [0.4, 0.5) is 16.0 Å². The lowest BCUT2D eigenvalue weighted by molar-refractivity contribution is -0.157. The summed E-state index contributed by atoms with van der Waals surface area (Å²) in [4.78, 5) is 32.2. The largest absolute Gasteiger partial charge is 0.507 e. The van der Waals surface area contributed by atoms with Crippen molar-refractivity contribution in [3.05, 3.63) is 89.6 Å². The lowest BCUT2D eigenvalue weighted by Gasteiger charge is -2.40. The minimum Gasteiger partial charge on any atom is -0.507 e. The van der Waals surface area contributed by atoms with Crippen LogP contribution in [0.5, 0.6) is 5.75 Å². The minimum atomic E-state index is -2.13. The second-order valence-corrected chi connectivity index (χ2v) is 10.4. The van der Waals surface area contributed by atoms with Gasteiger partial charge in [0.25, 0.3) is 11.8 Å². The number of para-hydroxylation sites is 1. The number of nitrogens with one attached hydrogen (secondary N) is 1. The lowest BCUT2D eigenvalue weighted by atomic mass is 9.86. The van der Waals surface area contributed by atoms with E-state index in [4.69, 9.17) is 15.0 Å². The monoisotopic (exact) mass is 612 g/mol. The van der Waals surface area contributed by atoms with Crippen LogP contribution in [0.1, 0.15) is 21.6 Å². The number of morpholine rings is 1. The van der Waals surface area contributed by atoms with Crippen molar-refractivity contribution in [1.82, 2.24) is 25.2 Å². The molecule has 45 heavy (non-hydrogen) atoms. The zero-order chi connectivity index (χ0) is 31.7. The molecule has 15 heteroatoms. The minimum absolute atomic E-state index is 0.00112. The Kier molecular flexibility index (Phi) is 7.59. The fraction of sp³-hybridized carbons (Fsp3) is 0.200. The summed E-state index contributed by atoms with van der Waals surface area (Å²) in [7, 11) is 0. The summed E-state index contributed by atoms with van der Waals surface area (Å²) >= 11 is 0. The van der Waals surface area contributed by atoms with E-state index < -0.39 is 35.9 Å². The molecule has 6 rings (SSSR count). The Morgan fingerprint density at radius 1 is 1.24 bits per heavy atom. The predicted octanol–water partition coefficient (Wildman–Crippen LogP) is 1.84. The van der Waals surface area contributed by atoms with Crippen LogP contribution in [0.2, 0.25) is 0 Å². The maximum atomic E-state index is 15.0. The van der Waals surface area contributed by atoms with E-state index in [1.807, 2.05) is 6.07 Å². The summed E-state index contributed by atoms with van der Waals surface area (Å²) in [6, 6.07) is 15.1. The molecule has 1 saturated heterocycles. The topological polar surface area (TPSA) is 206 Å². The average molecular weight is 613 g/mol. The first-order valence-corrected chi connectivity index (χ1v) is 13.6. The van der Waals surface area contributed by atoms with Crippen LogP contribution in [0.25, 0.3) is 16.7 Å². The van der Waals surface area contributed by atoms with Crippen LogP contribution in [0.3, 0.4) is 0 Å². The fourth-order valence-electron chi connectivity index (χ4n) is 5.22. The molecule has 228 valence electrons. The van der Waals surface area contributed by atoms with Gasteiger partial charge in [-0.1, -0.05) is 17.3 Å². The maximum absolute atomic E-state index is 15.0. The number of aromatic hydroxyl groups is 1. The van der Waals surface area contributed by atoms with Gasteiger partial charge in [-0.15, -0.1) is 5.10 Å². The zero-order valence-electron chi connectivity index (χ0n) is 23.4. The van der Waals surface area contributed by atoms with E-state index in [1.165, 1.54) is 40.0 Å². The molecule has 0 spiro atoms. The maximum Gasteiger partial charge on any atom is 0.260 e. The molecule has 2 atom stereocenters. The van der Waals surface area contributed by atoms with Crippen molar-refractivity contribution < 1.29 is 33.5 Å². The van der Waals surface area contributed by atoms with Gasteiger partial charge in [-0.25, -0.2) is 14.1 Å². The van der Waals surface area contributed by atoms with E-state index in [1.54, 1.807) is 30.5 Å². The average Bonchev–Trinajstić information content (AvgIpc) is 3.67. The third kappa shape index (κ3) is 5.62. The van der Waals surface area contributed by atoms with Crippen LogP contribution in [0.15, 0.2) is 71.5 Å². The summed E-state index contributed by atoms with van der Waals surface area (Å²) in [6.07, 6.45) is 1.16.